The van der Waals surface area contributed by atoms with E-state index in [2.05, 4.69) is 14.7 Å². The molecule has 0 saturated heterocycles. The van der Waals surface area contributed by atoms with Crippen LogP contribution >= 0.6 is 0 Å². The van der Waals surface area contributed by atoms with Gasteiger partial charge in [0, 0.05) is 5.56 Å². The molecule has 0 aromatic heterocycles. The molecule has 0 amide bonds. The minimum absolute atomic E-state index is 0.0790. The third-order valence-electron chi connectivity index (χ3n) is 3.46. The van der Waals surface area contributed by atoms with Gasteiger partial charge in [-0.25, -0.2) is 0 Å². The summed E-state index contributed by atoms with van der Waals surface area (Å²) in [5.74, 6) is -0.0790. The minimum atomic E-state index is -3.88. The Morgan fingerprint density at radius 3 is 2.52 bits per heavy atom. The van der Waals surface area contributed by atoms with E-state index < -0.39 is 16.6 Å². The first kappa shape index (κ1) is 18.9. The lowest BCUT2D eigenvalue weighted by Gasteiger charge is -2.11. The maximum absolute atomic E-state index is 12.5. The summed E-state index contributed by atoms with van der Waals surface area (Å²) >= 11 is 0. The molecule has 0 saturated carbocycles. The molecule has 134 valence electrons. The van der Waals surface area contributed by atoms with Gasteiger partial charge >= 0.3 is 6.61 Å². The summed E-state index contributed by atoms with van der Waals surface area (Å²) in [5.41, 5.74) is 1.84. The van der Waals surface area contributed by atoms with Gasteiger partial charge in [-0.15, -0.1) is 0 Å². The van der Waals surface area contributed by atoms with Gasteiger partial charge in [-0.2, -0.15) is 27.1 Å². The van der Waals surface area contributed by atoms with E-state index in [4.69, 9.17) is 0 Å². The van der Waals surface area contributed by atoms with E-state index in [1.54, 1.807) is 32.0 Å². The number of aryl methyl sites for hydroxylation is 2. The lowest BCUT2D eigenvalue weighted by Crippen LogP contribution is -2.21. The van der Waals surface area contributed by atoms with Gasteiger partial charge in [-0.1, -0.05) is 24.3 Å². The predicted molar refractivity (Wildman–Crippen MR) is 91.5 cm³/mol. The smallest absolute Gasteiger partial charge is 0.387 e. The number of ether oxygens (including phenoxy) is 1. The first-order chi connectivity index (χ1) is 11.7. The molecule has 1 N–H and O–H groups in total. The van der Waals surface area contributed by atoms with Crippen LogP contribution in [0.5, 0.6) is 5.75 Å². The van der Waals surface area contributed by atoms with Gasteiger partial charge in [0.2, 0.25) is 0 Å². The molecule has 0 atom stereocenters. The van der Waals surface area contributed by atoms with Crippen molar-refractivity contribution in [2.45, 2.75) is 32.3 Å². The highest BCUT2D eigenvalue weighted by Gasteiger charge is 2.17. The Kier molecular flexibility index (Phi) is 5.73. The number of rotatable bonds is 6. The molecule has 0 heterocycles. The summed E-state index contributed by atoms with van der Waals surface area (Å²) in [7, 11) is -3.88. The van der Waals surface area contributed by atoms with E-state index in [0.717, 1.165) is 5.56 Å². The van der Waals surface area contributed by atoms with Crippen molar-refractivity contribution in [1.29, 1.82) is 0 Å². The fourth-order valence-corrected chi connectivity index (χ4v) is 3.39. The van der Waals surface area contributed by atoms with Crippen molar-refractivity contribution in [1.82, 2.24) is 4.83 Å². The molecule has 0 fully saturated rings. The number of benzene rings is 2. The second-order valence-corrected chi connectivity index (χ2v) is 7.06. The van der Waals surface area contributed by atoms with Crippen LogP contribution in [0.1, 0.15) is 23.6 Å². The largest absolute Gasteiger partial charge is 0.434 e. The molecule has 0 bridgehead atoms. The van der Waals surface area contributed by atoms with Gasteiger partial charge < -0.3 is 4.74 Å². The predicted octanol–water partition coefficient (Wildman–Crippen LogP) is 3.61. The molecular weight excluding hydrogens is 350 g/mol. The summed E-state index contributed by atoms with van der Waals surface area (Å²) in [5, 5.41) is 3.83. The molecule has 2 aromatic rings. The number of alkyl halides is 2. The molecule has 8 heteroatoms. The van der Waals surface area contributed by atoms with Crippen molar-refractivity contribution < 1.29 is 21.9 Å². The molecule has 5 nitrogen and oxygen atoms in total. The lowest BCUT2D eigenvalue weighted by atomic mass is 10.1. The van der Waals surface area contributed by atoms with Gasteiger partial charge in [-0.05, 0) is 50.1 Å². The van der Waals surface area contributed by atoms with Crippen molar-refractivity contribution in [3.8, 4) is 5.75 Å². The van der Waals surface area contributed by atoms with Crippen molar-refractivity contribution in [2.75, 3.05) is 0 Å². The van der Waals surface area contributed by atoms with Crippen LogP contribution in [-0.4, -0.2) is 20.7 Å². The van der Waals surface area contributed by atoms with E-state index in [0.29, 0.717) is 5.56 Å². The van der Waals surface area contributed by atoms with E-state index in [1.807, 2.05) is 0 Å². The Labute approximate surface area is 145 Å². The third kappa shape index (κ3) is 4.76. The SMILES string of the molecule is C/C(=N\NS(=O)(=O)c1cc(C)ccc1C)c1ccccc1OC(F)F. The summed E-state index contributed by atoms with van der Waals surface area (Å²) in [6.45, 7) is 1.97. The number of nitrogens with zero attached hydrogens (tertiary/aromatic N) is 1. The quantitative estimate of drug-likeness (QED) is 0.626. The van der Waals surface area contributed by atoms with E-state index >= 15 is 0 Å². The summed E-state index contributed by atoms with van der Waals surface area (Å²) in [4.78, 5) is 2.25. The van der Waals surface area contributed by atoms with Crippen LogP contribution in [-0.2, 0) is 10.0 Å². The lowest BCUT2D eigenvalue weighted by molar-refractivity contribution is -0.0499. The molecule has 0 aliphatic carbocycles. The molecule has 0 aliphatic heterocycles. The van der Waals surface area contributed by atoms with Crippen molar-refractivity contribution in [3.63, 3.8) is 0 Å². The number of sulfonamides is 1. The normalized spacial score (nSPS) is 12.3. The number of hydrazone groups is 1. The maximum atomic E-state index is 12.5. The topological polar surface area (TPSA) is 67.8 Å². The third-order valence-corrected chi connectivity index (χ3v) is 4.81. The number of halogens is 2. The second kappa shape index (κ2) is 7.60. The van der Waals surface area contributed by atoms with Gasteiger partial charge in [0.1, 0.15) is 5.75 Å². The molecule has 0 aliphatic rings. The Bertz CT molecular complexity index is 897. The van der Waals surface area contributed by atoms with Crippen LogP contribution in [0.25, 0.3) is 0 Å². The molecule has 2 aromatic carbocycles. The summed E-state index contributed by atoms with van der Waals surface area (Å²) < 4.78 is 54.2. The molecule has 0 spiro atoms. The van der Waals surface area contributed by atoms with Gasteiger partial charge in [0.15, 0.2) is 0 Å². The first-order valence-electron chi connectivity index (χ1n) is 7.38. The highest BCUT2D eigenvalue weighted by Crippen LogP contribution is 2.21. The Morgan fingerprint density at radius 2 is 1.84 bits per heavy atom. The van der Waals surface area contributed by atoms with Crippen LogP contribution in [0.4, 0.5) is 8.78 Å². The fourth-order valence-electron chi connectivity index (χ4n) is 2.20. The molecule has 0 radical (unpaired) electrons. The molecule has 0 unspecified atom stereocenters. The first-order valence-corrected chi connectivity index (χ1v) is 8.86. The Hall–Kier alpha value is -2.48. The van der Waals surface area contributed by atoms with E-state index in [-0.39, 0.29) is 21.9 Å². The number of para-hydroxylation sites is 1. The highest BCUT2D eigenvalue weighted by atomic mass is 32.2. The number of nitrogens with one attached hydrogen (secondary N) is 1. The van der Waals surface area contributed by atoms with E-state index in [9.17, 15) is 17.2 Å². The molecular formula is C17H18F2N2O3S. The fraction of sp³-hybridized carbons (Fsp3) is 0.235. The second-order valence-electron chi connectivity index (χ2n) is 5.44. The Balaban J connectivity index is 2.31. The Morgan fingerprint density at radius 1 is 1.16 bits per heavy atom. The highest BCUT2D eigenvalue weighted by molar-refractivity contribution is 7.89. The zero-order chi connectivity index (χ0) is 18.6. The minimum Gasteiger partial charge on any atom is -0.434 e. The average Bonchev–Trinajstić information content (AvgIpc) is 2.55. The molecule has 2 rings (SSSR count). The summed E-state index contributed by atoms with van der Waals surface area (Å²) in [6, 6.07) is 11.1. The number of hydrogen-bond donors (Lipinski definition) is 1. The zero-order valence-electron chi connectivity index (χ0n) is 14.0. The monoisotopic (exact) mass is 368 g/mol. The summed E-state index contributed by atoms with van der Waals surface area (Å²) in [6.07, 6.45) is 0. The van der Waals surface area contributed by atoms with Gasteiger partial charge in [-0.3, -0.25) is 0 Å². The average molecular weight is 368 g/mol. The van der Waals surface area contributed by atoms with E-state index in [1.165, 1.54) is 31.2 Å². The number of hydrogen-bond acceptors (Lipinski definition) is 4. The van der Waals surface area contributed by atoms with Gasteiger partial charge in [0.25, 0.3) is 10.0 Å². The standard InChI is InChI=1S/C17H18F2N2O3S/c1-11-8-9-12(2)16(10-11)25(22,23)21-20-13(3)14-6-4-5-7-15(14)24-17(18)19/h4-10,17,21H,1-3H3/b20-13+. The van der Waals surface area contributed by atoms with Crippen LogP contribution in [0.15, 0.2) is 52.5 Å². The van der Waals surface area contributed by atoms with Crippen LogP contribution in [0.2, 0.25) is 0 Å². The van der Waals surface area contributed by atoms with Crippen LogP contribution in [0, 0.1) is 13.8 Å². The van der Waals surface area contributed by atoms with Gasteiger partial charge in [0.05, 0.1) is 10.6 Å². The van der Waals surface area contributed by atoms with Crippen molar-refractivity contribution in [2.24, 2.45) is 5.10 Å². The van der Waals surface area contributed by atoms with Crippen molar-refractivity contribution in [3.05, 3.63) is 59.2 Å². The van der Waals surface area contributed by atoms with Crippen molar-refractivity contribution >= 4 is 15.7 Å². The van der Waals surface area contributed by atoms with Crippen LogP contribution < -0.4 is 9.57 Å². The molecule has 25 heavy (non-hydrogen) atoms. The van der Waals surface area contributed by atoms with Crippen LogP contribution in [0.3, 0.4) is 0 Å². The maximum Gasteiger partial charge on any atom is 0.387 e. The zero-order valence-corrected chi connectivity index (χ0v) is 14.8.